The lowest BCUT2D eigenvalue weighted by molar-refractivity contribution is 0.181. The number of rotatable bonds is 8. The van der Waals surface area contributed by atoms with Crippen molar-refractivity contribution < 1.29 is 4.74 Å². The van der Waals surface area contributed by atoms with Gasteiger partial charge in [0.2, 0.25) is 0 Å². The summed E-state index contributed by atoms with van der Waals surface area (Å²) in [5, 5.41) is 6.07. The van der Waals surface area contributed by atoms with Crippen LogP contribution in [0.5, 0.6) is 0 Å². The van der Waals surface area contributed by atoms with E-state index in [0.29, 0.717) is 17.1 Å². The summed E-state index contributed by atoms with van der Waals surface area (Å²) in [4.78, 5) is 6.27. The van der Waals surface area contributed by atoms with Crippen LogP contribution in [-0.4, -0.2) is 35.4 Å². The number of thioether (sulfide) groups is 2. The Morgan fingerprint density at radius 2 is 2.10 bits per heavy atom. The van der Waals surface area contributed by atoms with Gasteiger partial charge >= 0.3 is 0 Å². The van der Waals surface area contributed by atoms with Crippen molar-refractivity contribution in [3.8, 4) is 0 Å². The van der Waals surface area contributed by atoms with E-state index in [1.54, 1.807) is 7.11 Å². The summed E-state index contributed by atoms with van der Waals surface area (Å²) in [5.74, 6) is 2.52. The fraction of sp³-hybridized carbons (Fsp3) is 0.800. The molecule has 1 N–H and O–H groups in total. The van der Waals surface area contributed by atoms with Gasteiger partial charge in [-0.3, -0.25) is 0 Å². The molecular weight excluding hydrogens is 320 g/mol. The Morgan fingerprint density at radius 3 is 2.81 bits per heavy atom. The van der Waals surface area contributed by atoms with Gasteiger partial charge in [0.25, 0.3) is 0 Å². The van der Waals surface area contributed by atoms with E-state index in [9.17, 15) is 0 Å². The van der Waals surface area contributed by atoms with Gasteiger partial charge in [0.05, 0.1) is 17.6 Å². The van der Waals surface area contributed by atoms with Gasteiger partial charge < -0.3 is 10.1 Å². The summed E-state index contributed by atoms with van der Waals surface area (Å²) in [6, 6.07) is 0. The first-order valence-electron chi connectivity index (χ1n) is 7.71. The maximum absolute atomic E-state index is 5.33. The first kappa shape index (κ1) is 17.6. The van der Waals surface area contributed by atoms with Crippen molar-refractivity contribution in [1.82, 2.24) is 10.3 Å². The van der Waals surface area contributed by atoms with Gasteiger partial charge in [0, 0.05) is 35.3 Å². The molecule has 6 heteroatoms. The highest BCUT2D eigenvalue weighted by atomic mass is 32.2. The van der Waals surface area contributed by atoms with Crippen molar-refractivity contribution in [3.05, 3.63) is 15.6 Å². The van der Waals surface area contributed by atoms with Gasteiger partial charge in [-0.05, 0) is 19.4 Å². The molecule has 2 unspecified atom stereocenters. The lowest BCUT2D eigenvalue weighted by atomic mass is 10.2. The SMILES string of the molecule is CCCNCc1sc(C2SCCSC2CC)nc1COC. The maximum Gasteiger partial charge on any atom is 0.107 e. The minimum Gasteiger partial charge on any atom is -0.378 e. The number of thiazole rings is 1. The fourth-order valence-corrected chi connectivity index (χ4v) is 6.88. The zero-order valence-electron chi connectivity index (χ0n) is 13.2. The Bertz CT molecular complexity index is 425. The summed E-state index contributed by atoms with van der Waals surface area (Å²) >= 11 is 6.09. The predicted octanol–water partition coefficient (Wildman–Crippen LogP) is 4.09. The van der Waals surface area contributed by atoms with Gasteiger partial charge in [-0.25, -0.2) is 4.98 Å². The van der Waals surface area contributed by atoms with E-state index < -0.39 is 0 Å². The van der Waals surface area contributed by atoms with Crippen molar-refractivity contribution in [3.63, 3.8) is 0 Å². The summed E-state index contributed by atoms with van der Waals surface area (Å²) in [6.45, 7) is 7.10. The molecule has 1 aromatic heterocycles. The number of hydrogen-bond acceptors (Lipinski definition) is 6. The van der Waals surface area contributed by atoms with E-state index in [4.69, 9.17) is 9.72 Å². The Hall–Kier alpha value is 0.250. The third kappa shape index (κ3) is 4.86. The molecule has 2 heterocycles. The second kappa shape index (κ2) is 9.40. The Labute approximate surface area is 141 Å². The zero-order valence-corrected chi connectivity index (χ0v) is 15.6. The van der Waals surface area contributed by atoms with Gasteiger partial charge in [-0.2, -0.15) is 11.8 Å². The van der Waals surface area contributed by atoms with Crippen molar-refractivity contribution in [2.45, 2.75) is 50.3 Å². The highest BCUT2D eigenvalue weighted by Crippen LogP contribution is 2.45. The van der Waals surface area contributed by atoms with Gasteiger partial charge in [-0.15, -0.1) is 23.1 Å². The second-order valence-corrected chi connectivity index (χ2v) is 8.85. The Balaban J connectivity index is 2.12. The van der Waals surface area contributed by atoms with Crippen LogP contribution in [0, 0.1) is 0 Å². The van der Waals surface area contributed by atoms with Crippen LogP contribution in [-0.2, 0) is 17.9 Å². The number of nitrogens with one attached hydrogen (secondary N) is 1. The summed E-state index contributed by atoms with van der Waals surface area (Å²) < 4.78 is 5.33. The number of methoxy groups -OCH3 is 1. The first-order chi connectivity index (χ1) is 10.3. The molecule has 0 amide bonds. The largest absolute Gasteiger partial charge is 0.378 e. The van der Waals surface area contributed by atoms with Gasteiger partial charge in [0.1, 0.15) is 5.01 Å². The molecule has 1 aliphatic rings. The van der Waals surface area contributed by atoms with E-state index in [2.05, 4.69) is 42.7 Å². The third-order valence-electron chi connectivity index (χ3n) is 3.48. The van der Waals surface area contributed by atoms with E-state index in [0.717, 1.165) is 25.2 Å². The molecule has 0 aliphatic carbocycles. The van der Waals surface area contributed by atoms with Crippen LogP contribution in [0.4, 0.5) is 0 Å². The minimum atomic E-state index is 0.564. The lowest BCUT2D eigenvalue weighted by Crippen LogP contribution is -2.18. The molecule has 1 fully saturated rings. The van der Waals surface area contributed by atoms with E-state index in [1.165, 1.54) is 27.8 Å². The van der Waals surface area contributed by atoms with Crippen LogP contribution in [0.1, 0.15) is 47.5 Å². The van der Waals surface area contributed by atoms with Crippen molar-refractivity contribution in [1.29, 1.82) is 0 Å². The van der Waals surface area contributed by atoms with Crippen LogP contribution < -0.4 is 5.32 Å². The van der Waals surface area contributed by atoms with Crippen LogP contribution >= 0.6 is 34.9 Å². The minimum absolute atomic E-state index is 0.564. The third-order valence-corrected chi connectivity index (χ3v) is 8.07. The van der Waals surface area contributed by atoms with Crippen LogP contribution in [0.25, 0.3) is 0 Å². The topological polar surface area (TPSA) is 34.2 Å². The Morgan fingerprint density at radius 1 is 1.29 bits per heavy atom. The molecule has 1 aromatic rings. The highest BCUT2D eigenvalue weighted by Gasteiger charge is 2.29. The number of ether oxygens (including phenoxy) is 1. The summed E-state index contributed by atoms with van der Waals surface area (Å²) in [7, 11) is 1.75. The molecule has 2 atom stereocenters. The average molecular weight is 347 g/mol. The normalized spacial score (nSPS) is 22.6. The molecule has 2 rings (SSSR count). The van der Waals surface area contributed by atoms with Gasteiger partial charge in [0.15, 0.2) is 0 Å². The summed E-state index contributed by atoms with van der Waals surface area (Å²) in [5.41, 5.74) is 1.13. The second-order valence-electron chi connectivity index (χ2n) is 5.14. The van der Waals surface area contributed by atoms with E-state index in [-0.39, 0.29) is 0 Å². The fourth-order valence-electron chi connectivity index (χ4n) is 2.42. The highest BCUT2D eigenvalue weighted by molar-refractivity contribution is 8.06. The van der Waals surface area contributed by atoms with Crippen molar-refractivity contribution in [2.24, 2.45) is 0 Å². The van der Waals surface area contributed by atoms with Crippen molar-refractivity contribution in [2.75, 3.05) is 25.2 Å². The van der Waals surface area contributed by atoms with Crippen LogP contribution in [0.3, 0.4) is 0 Å². The van der Waals surface area contributed by atoms with Gasteiger partial charge in [-0.1, -0.05) is 13.8 Å². The Kier molecular flexibility index (Phi) is 7.88. The van der Waals surface area contributed by atoms with Crippen molar-refractivity contribution >= 4 is 34.9 Å². The molecule has 1 aliphatic heterocycles. The molecule has 0 spiro atoms. The number of hydrogen-bond donors (Lipinski definition) is 1. The molecule has 120 valence electrons. The number of nitrogens with zero attached hydrogens (tertiary/aromatic N) is 1. The molecular formula is C15H26N2OS3. The molecule has 0 bridgehead atoms. The molecule has 0 saturated carbocycles. The monoisotopic (exact) mass is 346 g/mol. The molecule has 0 radical (unpaired) electrons. The quantitative estimate of drug-likeness (QED) is 0.717. The van der Waals surface area contributed by atoms with Crippen LogP contribution in [0.2, 0.25) is 0 Å². The lowest BCUT2D eigenvalue weighted by Gasteiger charge is -2.28. The predicted molar refractivity (Wildman–Crippen MR) is 96.6 cm³/mol. The zero-order chi connectivity index (χ0) is 15.1. The maximum atomic E-state index is 5.33. The molecule has 3 nitrogen and oxygen atoms in total. The first-order valence-corrected chi connectivity index (χ1v) is 10.6. The smallest absolute Gasteiger partial charge is 0.107 e. The van der Waals surface area contributed by atoms with Crippen LogP contribution in [0.15, 0.2) is 0 Å². The number of aromatic nitrogens is 1. The summed E-state index contributed by atoms with van der Waals surface area (Å²) in [6.07, 6.45) is 2.39. The standard InChI is InChI=1S/C15H26N2OS3/c1-4-6-16-9-13-11(10-18-3)17-15(21-13)14-12(5-2)19-7-8-20-14/h12,14,16H,4-10H2,1-3H3. The van der Waals surface area contributed by atoms with E-state index in [1.807, 2.05) is 11.3 Å². The molecule has 0 aromatic carbocycles. The molecule has 21 heavy (non-hydrogen) atoms. The average Bonchev–Trinajstić information content (AvgIpc) is 2.91. The van der Waals surface area contributed by atoms with E-state index >= 15 is 0 Å². The molecule has 1 saturated heterocycles.